The van der Waals surface area contributed by atoms with Crippen LogP contribution in [0, 0.1) is 0 Å². The fraction of sp³-hybridized carbons (Fsp3) is 0.200. The zero-order valence-electron chi connectivity index (χ0n) is 12.4. The Balaban J connectivity index is 1.76. The van der Waals surface area contributed by atoms with Crippen LogP contribution in [0.2, 0.25) is 0 Å². The molecule has 9 heteroatoms. The van der Waals surface area contributed by atoms with E-state index in [2.05, 4.69) is 20.2 Å². The van der Waals surface area contributed by atoms with Crippen molar-refractivity contribution in [3.63, 3.8) is 0 Å². The van der Waals surface area contributed by atoms with E-state index >= 15 is 0 Å². The van der Waals surface area contributed by atoms with Gasteiger partial charge in [-0.2, -0.15) is 13.2 Å². The minimum absolute atomic E-state index is 0.00298. The lowest BCUT2D eigenvalue weighted by atomic mass is 10.2. The number of nitrogens with zero attached hydrogens (tertiary/aromatic N) is 4. The Morgan fingerprint density at radius 3 is 2.54 bits per heavy atom. The Bertz CT molecular complexity index is 823. The average molecular weight is 352 g/mol. The van der Waals surface area contributed by atoms with Crippen molar-refractivity contribution in [1.82, 2.24) is 20.2 Å². The van der Waals surface area contributed by atoms with Crippen LogP contribution in [0.5, 0.6) is 0 Å². The lowest BCUT2D eigenvalue weighted by molar-refractivity contribution is -0.141. The second-order valence-electron chi connectivity index (χ2n) is 4.79. The van der Waals surface area contributed by atoms with E-state index in [1.807, 2.05) is 30.3 Å². The Hall–Kier alpha value is -2.42. The van der Waals surface area contributed by atoms with Crippen LogP contribution in [0.25, 0.3) is 11.5 Å². The van der Waals surface area contributed by atoms with Crippen LogP contribution in [-0.4, -0.2) is 20.2 Å². The second-order valence-corrected chi connectivity index (χ2v) is 6.10. The first-order valence-electron chi connectivity index (χ1n) is 6.89. The van der Waals surface area contributed by atoms with E-state index in [0.29, 0.717) is 11.8 Å². The van der Waals surface area contributed by atoms with Crippen LogP contribution in [-0.2, 0) is 6.18 Å². The molecule has 1 atom stereocenters. The first kappa shape index (κ1) is 16.4. The maximum atomic E-state index is 12.7. The molecule has 3 rings (SSSR count). The number of halogens is 3. The van der Waals surface area contributed by atoms with Gasteiger partial charge >= 0.3 is 6.18 Å². The molecule has 0 aliphatic carbocycles. The van der Waals surface area contributed by atoms with Gasteiger partial charge in [0, 0.05) is 11.8 Å². The lowest BCUT2D eigenvalue weighted by Crippen LogP contribution is -2.09. The average Bonchev–Trinajstić information content (AvgIpc) is 3.05. The van der Waals surface area contributed by atoms with Crippen molar-refractivity contribution in [3.05, 3.63) is 54.2 Å². The molecule has 5 nitrogen and oxygen atoms in total. The van der Waals surface area contributed by atoms with Gasteiger partial charge in [0.1, 0.15) is 5.69 Å². The molecule has 0 saturated carbocycles. The highest BCUT2D eigenvalue weighted by Crippen LogP contribution is 2.35. The molecule has 1 unspecified atom stereocenters. The summed E-state index contributed by atoms with van der Waals surface area (Å²) in [6.07, 6.45) is -3.43. The monoisotopic (exact) mass is 352 g/mol. The smallest absolute Gasteiger partial charge is 0.419 e. The van der Waals surface area contributed by atoms with E-state index in [4.69, 9.17) is 4.42 Å². The van der Waals surface area contributed by atoms with E-state index < -0.39 is 17.1 Å². The number of aromatic nitrogens is 4. The summed E-state index contributed by atoms with van der Waals surface area (Å²) in [5.41, 5.74) is -0.216. The molecule has 0 N–H and O–H groups in total. The summed E-state index contributed by atoms with van der Waals surface area (Å²) < 4.78 is 43.6. The minimum atomic E-state index is -4.51. The quantitative estimate of drug-likeness (QED) is 0.512. The summed E-state index contributed by atoms with van der Waals surface area (Å²) >= 11 is 1.02. The zero-order valence-corrected chi connectivity index (χ0v) is 13.2. The molecule has 1 aromatic carbocycles. The molecule has 0 aliphatic rings. The Morgan fingerprint density at radius 2 is 1.83 bits per heavy atom. The summed E-state index contributed by atoms with van der Waals surface area (Å²) in [5, 5.41) is 7.51. The van der Waals surface area contributed by atoms with Crippen LogP contribution < -0.4 is 0 Å². The van der Waals surface area contributed by atoms with Crippen molar-refractivity contribution in [1.29, 1.82) is 0 Å². The molecule has 0 aliphatic heterocycles. The van der Waals surface area contributed by atoms with E-state index in [9.17, 15) is 13.2 Å². The molecule has 2 aromatic heterocycles. The Morgan fingerprint density at radius 1 is 1.08 bits per heavy atom. The van der Waals surface area contributed by atoms with E-state index in [1.165, 1.54) is 0 Å². The molecular weight excluding hydrogens is 341 g/mol. The van der Waals surface area contributed by atoms with Gasteiger partial charge in [-0.1, -0.05) is 30.0 Å². The molecule has 0 radical (unpaired) electrons. The summed E-state index contributed by atoms with van der Waals surface area (Å²) in [5.74, 6) is 0.642. The third kappa shape index (κ3) is 3.73. The van der Waals surface area contributed by atoms with Crippen LogP contribution in [0.15, 0.2) is 52.2 Å². The number of hydrogen-bond donors (Lipinski definition) is 0. The molecule has 0 saturated heterocycles. The summed E-state index contributed by atoms with van der Waals surface area (Å²) in [6, 6.07) is 10.0. The number of rotatable bonds is 4. The topological polar surface area (TPSA) is 64.7 Å². The van der Waals surface area contributed by atoms with Crippen molar-refractivity contribution < 1.29 is 17.6 Å². The molecular formula is C15H11F3N4OS. The highest BCUT2D eigenvalue weighted by molar-refractivity contribution is 7.99. The molecule has 0 spiro atoms. The lowest BCUT2D eigenvalue weighted by Gasteiger charge is -2.08. The first-order chi connectivity index (χ1) is 11.4. The molecule has 0 bridgehead atoms. The molecule has 0 fully saturated rings. The SMILES string of the molecule is CC(Sc1nccc(C(F)(F)F)n1)c1nnc(-c2ccccc2)o1. The van der Waals surface area contributed by atoms with Crippen molar-refractivity contribution in [3.8, 4) is 11.5 Å². The summed E-state index contributed by atoms with van der Waals surface area (Å²) in [6.45, 7) is 1.73. The van der Waals surface area contributed by atoms with Crippen LogP contribution in [0.4, 0.5) is 13.2 Å². The minimum Gasteiger partial charge on any atom is -0.419 e. The fourth-order valence-corrected chi connectivity index (χ4v) is 2.65. The molecule has 2 heterocycles. The summed E-state index contributed by atoms with van der Waals surface area (Å²) in [4.78, 5) is 7.36. The normalized spacial score (nSPS) is 13.0. The van der Waals surface area contributed by atoms with Crippen molar-refractivity contribution in [2.45, 2.75) is 23.5 Å². The zero-order chi connectivity index (χ0) is 17.2. The fourth-order valence-electron chi connectivity index (χ4n) is 1.86. The molecule has 0 amide bonds. The number of thioether (sulfide) groups is 1. The van der Waals surface area contributed by atoms with Gasteiger partial charge in [0.05, 0.1) is 5.25 Å². The molecule has 124 valence electrons. The highest BCUT2D eigenvalue weighted by Gasteiger charge is 2.33. The second kappa shape index (κ2) is 6.60. The van der Waals surface area contributed by atoms with Crippen LogP contribution in [0.3, 0.4) is 0 Å². The van der Waals surface area contributed by atoms with Gasteiger partial charge in [-0.3, -0.25) is 0 Å². The van der Waals surface area contributed by atoms with Gasteiger partial charge in [-0.05, 0) is 25.1 Å². The standard InChI is InChI=1S/C15H11F3N4OS/c1-9(24-14-19-8-7-11(20-14)15(16,17)18)12-21-22-13(23-12)10-5-3-2-4-6-10/h2-9H,1H3. The van der Waals surface area contributed by atoms with Gasteiger partial charge < -0.3 is 4.42 Å². The molecule has 24 heavy (non-hydrogen) atoms. The van der Waals surface area contributed by atoms with E-state index in [1.54, 1.807) is 6.92 Å². The van der Waals surface area contributed by atoms with Crippen LogP contribution in [0.1, 0.15) is 23.8 Å². The van der Waals surface area contributed by atoms with Gasteiger partial charge in [-0.25, -0.2) is 9.97 Å². The van der Waals surface area contributed by atoms with Gasteiger partial charge in [0.2, 0.25) is 11.8 Å². The van der Waals surface area contributed by atoms with Crippen molar-refractivity contribution in [2.75, 3.05) is 0 Å². The predicted octanol–water partition coefficient (Wildman–Crippen LogP) is 4.40. The predicted molar refractivity (Wildman–Crippen MR) is 81.0 cm³/mol. The first-order valence-corrected chi connectivity index (χ1v) is 7.77. The Kier molecular flexibility index (Phi) is 4.52. The molecule has 3 aromatic rings. The van der Waals surface area contributed by atoms with E-state index in [0.717, 1.165) is 29.6 Å². The maximum absolute atomic E-state index is 12.7. The Labute approximate surface area is 139 Å². The van der Waals surface area contributed by atoms with E-state index in [-0.39, 0.29) is 5.16 Å². The maximum Gasteiger partial charge on any atom is 0.433 e. The summed E-state index contributed by atoms with van der Waals surface area (Å²) in [7, 11) is 0. The van der Waals surface area contributed by atoms with Gasteiger partial charge in [-0.15, -0.1) is 10.2 Å². The van der Waals surface area contributed by atoms with Crippen molar-refractivity contribution in [2.24, 2.45) is 0 Å². The largest absolute Gasteiger partial charge is 0.433 e. The third-order valence-electron chi connectivity index (χ3n) is 3.02. The number of benzene rings is 1. The van der Waals surface area contributed by atoms with Gasteiger partial charge in [0.25, 0.3) is 0 Å². The number of alkyl halides is 3. The highest BCUT2D eigenvalue weighted by atomic mass is 32.2. The number of hydrogen-bond acceptors (Lipinski definition) is 6. The van der Waals surface area contributed by atoms with Crippen molar-refractivity contribution >= 4 is 11.8 Å². The van der Waals surface area contributed by atoms with Gasteiger partial charge in [0.15, 0.2) is 5.16 Å². The third-order valence-corrected chi connectivity index (χ3v) is 3.98. The van der Waals surface area contributed by atoms with Crippen LogP contribution >= 0.6 is 11.8 Å².